The summed E-state index contributed by atoms with van der Waals surface area (Å²) in [6, 6.07) is 5.94. The summed E-state index contributed by atoms with van der Waals surface area (Å²) in [5.41, 5.74) is 0.254. The van der Waals surface area contributed by atoms with Crippen LogP contribution in [0.2, 0.25) is 0 Å². The van der Waals surface area contributed by atoms with Crippen molar-refractivity contribution in [1.82, 2.24) is 0 Å². The predicted molar refractivity (Wildman–Crippen MR) is 131 cm³/mol. The Morgan fingerprint density at radius 1 is 1.00 bits per heavy atom. The summed E-state index contributed by atoms with van der Waals surface area (Å²) in [5, 5.41) is 12.0. The number of para-hydroxylation sites is 1. The Morgan fingerprint density at radius 2 is 1.67 bits per heavy atom. The molecule has 1 aromatic carbocycles. The van der Waals surface area contributed by atoms with Crippen LogP contribution in [-0.4, -0.2) is 68.5 Å². The van der Waals surface area contributed by atoms with Crippen molar-refractivity contribution in [2.24, 2.45) is 10.9 Å². The molecule has 198 valence electrons. The highest BCUT2D eigenvalue weighted by Crippen LogP contribution is 2.44. The molecule has 36 heavy (non-hydrogen) atoms. The summed E-state index contributed by atoms with van der Waals surface area (Å²) >= 11 is 0. The van der Waals surface area contributed by atoms with Crippen molar-refractivity contribution in [2.75, 3.05) is 39.6 Å². The number of benzene rings is 1. The number of nitro groups is 1. The molecule has 0 N–H and O–H groups in total. The molecule has 0 fully saturated rings. The van der Waals surface area contributed by atoms with E-state index >= 15 is 0 Å². The molecule has 0 amide bonds. The molecule has 0 saturated heterocycles. The normalized spacial score (nSPS) is 17.7. The zero-order valence-corrected chi connectivity index (χ0v) is 21.4. The van der Waals surface area contributed by atoms with Crippen LogP contribution in [-0.2, 0) is 33.3 Å². The Hall–Kier alpha value is -3.15. The molecule has 0 bridgehead atoms. The van der Waals surface area contributed by atoms with Gasteiger partial charge in [-0.15, -0.1) is 0 Å². The minimum atomic E-state index is -1.13. The molecule has 1 aliphatic rings. The molecule has 1 aliphatic heterocycles. The number of carbonyl (C=O) groups is 2. The van der Waals surface area contributed by atoms with Gasteiger partial charge in [-0.1, -0.05) is 18.2 Å². The van der Waals surface area contributed by atoms with Crippen molar-refractivity contribution >= 4 is 23.3 Å². The van der Waals surface area contributed by atoms with Gasteiger partial charge in [-0.25, -0.2) is 4.79 Å². The molecule has 0 spiro atoms. The molecule has 2 unspecified atom stereocenters. The summed E-state index contributed by atoms with van der Waals surface area (Å²) in [7, 11) is 0. The fourth-order valence-electron chi connectivity index (χ4n) is 4.01. The van der Waals surface area contributed by atoms with Gasteiger partial charge in [0.1, 0.15) is 18.2 Å². The average Bonchev–Trinajstić information content (AvgIpc) is 2.85. The minimum absolute atomic E-state index is 0.0219. The van der Waals surface area contributed by atoms with Crippen LogP contribution >= 0.6 is 0 Å². The molecule has 0 aromatic heterocycles. The number of carbonyl (C=O) groups excluding carboxylic acids is 2. The van der Waals surface area contributed by atoms with Crippen molar-refractivity contribution in [3.05, 3.63) is 51.2 Å². The fraction of sp³-hybridized carbons (Fsp3) is 0.560. The summed E-state index contributed by atoms with van der Waals surface area (Å²) in [5.74, 6) is -3.71. The summed E-state index contributed by atoms with van der Waals surface area (Å²) in [6.07, 6.45) is -1.05. The first kappa shape index (κ1) is 29.1. The van der Waals surface area contributed by atoms with Gasteiger partial charge in [0.15, 0.2) is 0 Å². The smallest absolute Gasteiger partial charge is 0.336 e. The van der Waals surface area contributed by atoms with E-state index in [1.54, 1.807) is 33.8 Å². The second-order valence-electron chi connectivity index (χ2n) is 7.65. The molecule has 11 heteroatoms. The van der Waals surface area contributed by atoms with Crippen LogP contribution in [0.5, 0.6) is 0 Å². The largest absolute Gasteiger partial charge is 0.463 e. The van der Waals surface area contributed by atoms with Crippen LogP contribution in [0.1, 0.15) is 46.1 Å². The number of hydrogen-bond donors (Lipinski definition) is 0. The van der Waals surface area contributed by atoms with Crippen molar-refractivity contribution in [2.45, 2.75) is 46.8 Å². The lowest BCUT2D eigenvalue weighted by Crippen LogP contribution is -2.39. The van der Waals surface area contributed by atoms with Gasteiger partial charge < -0.3 is 23.7 Å². The van der Waals surface area contributed by atoms with Crippen LogP contribution in [0, 0.1) is 16.0 Å². The van der Waals surface area contributed by atoms with E-state index in [9.17, 15) is 19.7 Å². The number of hydrogen-bond acceptors (Lipinski definition) is 10. The second-order valence-corrected chi connectivity index (χ2v) is 7.65. The van der Waals surface area contributed by atoms with Crippen LogP contribution in [0.3, 0.4) is 0 Å². The Labute approximate surface area is 210 Å². The Bertz CT molecular complexity index is 983. The third-order valence-corrected chi connectivity index (χ3v) is 5.42. The van der Waals surface area contributed by atoms with E-state index in [0.717, 1.165) is 0 Å². The van der Waals surface area contributed by atoms with Crippen LogP contribution in [0.15, 0.2) is 40.5 Å². The third-order valence-electron chi connectivity index (χ3n) is 5.42. The Morgan fingerprint density at radius 3 is 2.25 bits per heavy atom. The highest BCUT2D eigenvalue weighted by atomic mass is 16.7. The summed E-state index contributed by atoms with van der Waals surface area (Å²) in [4.78, 5) is 42.6. The molecular weight excluding hydrogens is 472 g/mol. The Kier molecular flexibility index (Phi) is 11.6. The zero-order valence-electron chi connectivity index (χ0n) is 21.4. The van der Waals surface area contributed by atoms with Crippen molar-refractivity contribution in [3.8, 4) is 0 Å². The van der Waals surface area contributed by atoms with Gasteiger partial charge in [0.25, 0.3) is 5.69 Å². The lowest BCUT2D eigenvalue weighted by atomic mass is 9.75. The SMILES string of the molecule is CCOCCOC(=O)C1C(C)=NC(C(OCC)OCC)=C(C(=O)OCC)C1c1ccccc1[N+](=O)[O-]. The lowest BCUT2D eigenvalue weighted by molar-refractivity contribution is -0.385. The maximum Gasteiger partial charge on any atom is 0.336 e. The first-order valence-corrected chi connectivity index (χ1v) is 12.0. The van der Waals surface area contributed by atoms with Gasteiger partial charge in [-0.3, -0.25) is 19.9 Å². The van der Waals surface area contributed by atoms with E-state index < -0.39 is 35.0 Å². The predicted octanol–water partition coefficient (Wildman–Crippen LogP) is 3.57. The zero-order chi connectivity index (χ0) is 26.7. The van der Waals surface area contributed by atoms with Crippen LogP contribution in [0.4, 0.5) is 5.69 Å². The first-order valence-electron chi connectivity index (χ1n) is 12.0. The molecule has 0 saturated carbocycles. The van der Waals surface area contributed by atoms with Gasteiger partial charge in [-0.2, -0.15) is 0 Å². The quantitative estimate of drug-likeness (QED) is 0.122. The topological polar surface area (TPSA) is 136 Å². The van der Waals surface area contributed by atoms with E-state index in [-0.39, 0.29) is 55.6 Å². The van der Waals surface area contributed by atoms with E-state index in [1.807, 2.05) is 6.92 Å². The van der Waals surface area contributed by atoms with Gasteiger partial charge in [0.05, 0.1) is 23.7 Å². The number of aliphatic imine (C=N–C) groups is 1. The standard InChI is InChI=1S/C25H34N2O9/c1-6-32-14-15-36-23(28)19-16(5)26-22(25(34-8-3)35-9-4)21(24(29)33-7-2)20(19)17-12-10-11-13-18(17)27(30)31/h10-13,19-20,25H,6-9,14-15H2,1-5H3. The van der Waals surface area contributed by atoms with Gasteiger partial charge in [-0.05, 0) is 34.6 Å². The average molecular weight is 507 g/mol. The van der Waals surface area contributed by atoms with E-state index in [2.05, 4.69) is 4.99 Å². The Balaban J connectivity index is 2.78. The molecule has 11 nitrogen and oxygen atoms in total. The van der Waals surface area contributed by atoms with Crippen LogP contribution < -0.4 is 0 Å². The molecular formula is C25H34N2O9. The lowest BCUT2D eigenvalue weighted by Gasteiger charge is -2.33. The van der Waals surface area contributed by atoms with Gasteiger partial charge >= 0.3 is 11.9 Å². The molecule has 2 atom stereocenters. The molecule has 0 aliphatic carbocycles. The van der Waals surface area contributed by atoms with E-state index in [0.29, 0.717) is 12.3 Å². The highest BCUT2D eigenvalue weighted by molar-refractivity contribution is 6.07. The first-order chi connectivity index (χ1) is 17.3. The number of rotatable bonds is 14. The number of nitrogens with zero attached hydrogens (tertiary/aromatic N) is 2. The van der Waals surface area contributed by atoms with Crippen LogP contribution in [0.25, 0.3) is 0 Å². The molecule has 0 radical (unpaired) electrons. The molecule has 1 heterocycles. The molecule has 2 rings (SSSR count). The highest BCUT2D eigenvalue weighted by Gasteiger charge is 2.47. The third kappa shape index (κ3) is 6.96. The van der Waals surface area contributed by atoms with Gasteiger partial charge in [0.2, 0.25) is 6.29 Å². The summed E-state index contributed by atoms with van der Waals surface area (Å²) < 4.78 is 27.4. The summed E-state index contributed by atoms with van der Waals surface area (Å²) in [6.45, 7) is 9.72. The second kappa shape index (κ2) is 14.4. The number of nitro benzene ring substituents is 1. The maximum absolute atomic E-state index is 13.4. The molecule has 1 aromatic rings. The van der Waals surface area contributed by atoms with Crippen molar-refractivity contribution < 1.29 is 38.2 Å². The monoisotopic (exact) mass is 506 g/mol. The van der Waals surface area contributed by atoms with Crippen molar-refractivity contribution in [3.63, 3.8) is 0 Å². The van der Waals surface area contributed by atoms with Crippen molar-refractivity contribution in [1.29, 1.82) is 0 Å². The maximum atomic E-state index is 13.4. The fourth-order valence-corrected chi connectivity index (χ4v) is 4.01. The number of ether oxygens (including phenoxy) is 5. The number of esters is 2. The van der Waals surface area contributed by atoms with Gasteiger partial charge in [0, 0.05) is 43.1 Å². The van der Waals surface area contributed by atoms with E-state index in [4.69, 9.17) is 23.7 Å². The van der Waals surface area contributed by atoms with E-state index in [1.165, 1.54) is 18.2 Å². The minimum Gasteiger partial charge on any atom is -0.463 e.